The van der Waals surface area contributed by atoms with Gasteiger partial charge in [0.15, 0.2) is 0 Å². The Morgan fingerprint density at radius 1 is 1.60 bits per heavy atom. The lowest BCUT2D eigenvalue weighted by Crippen LogP contribution is -2.15. The molecule has 0 amide bonds. The molecule has 1 fully saturated rings. The third kappa shape index (κ3) is 2.13. The molecular formula is C7H14FNS. The Morgan fingerprint density at radius 3 is 2.90 bits per heavy atom. The Labute approximate surface area is 65.8 Å². The number of halogens is 1. The highest BCUT2D eigenvalue weighted by molar-refractivity contribution is 7.99. The number of nitrogens with one attached hydrogen (secondary N) is 1. The number of hydrogen-bond acceptors (Lipinski definition) is 2. The molecule has 0 radical (unpaired) electrons. The quantitative estimate of drug-likeness (QED) is 0.637. The zero-order valence-corrected chi connectivity index (χ0v) is 7.09. The maximum Gasteiger partial charge on any atom is 0.112 e. The van der Waals surface area contributed by atoms with Crippen molar-refractivity contribution in [1.29, 1.82) is 0 Å². The normalized spacial score (nSPS) is 33.0. The van der Waals surface area contributed by atoms with E-state index in [1.165, 1.54) is 0 Å². The molecule has 1 nitrogen and oxygen atoms in total. The molecule has 60 valence electrons. The van der Waals surface area contributed by atoms with Crippen LogP contribution in [0.1, 0.15) is 19.3 Å². The van der Waals surface area contributed by atoms with Crippen LogP contribution in [0, 0.1) is 0 Å². The summed E-state index contributed by atoms with van der Waals surface area (Å²) in [6, 6.07) is 0. The van der Waals surface area contributed by atoms with Crippen molar-refractivity contribution in [2.45, 2.75) is 30.7 Å². The predicted molar refractivity (Wildman–Crippen MR) is 44.1 cm³/mol. The van der Waals surface area contributed by atoms with Gasteiger partial charge >= 0.3 is 0 Å². The zero-order chi connectivity index (χ0) is 7.40. The molecule has 0 saturated heterocycles. The van der Waals surface area contributed by atoms with Gasteiger partial charge in [0.25, 0.3) is 0 Å². The molecule has 1 saturated carbocycles. The summed E-state index contributed by atoms with van der Waals surface area (Å²) in [5.41, 5.74) is 0. The van der Waals surface area contributed by atoms with E-state index in [9.17, 15) is 4.39 Å². The smallest absolute Gasteiger partial charge is 0.112 e. The second-order valence-electron chi connectivity index (χ2n) is 2.65. The van der Waals surface area contributed by atoms with Crippen LogP contribution in [0.25, 0.3) is 0 Å². The van der Waals surface area contributed by atoms with Gasteiger partial charge in [0, 0.05) is 11.1 Å². The Balaban J connectivity index is 2.14. The van der Waals surface area contributed by atoms with Crippen LogP contribution in [-0.4, -0.2) is 24.3 Å². The monoisotopic (exact) mass is 163 g/mol. The van der Waals surface area contributed by atoms with Crippen molar-refractivity contribution in [1.82, 2.24) is 5.32 Å². The summed E-state index contributed by atoms with van der Waals surface area (Å²) >= 11 is 1.71. The zero-order valence-electron chi connectivity index (χ0n) is 6.27. The number of alkyl halides is 1. The fraction of sp³-hybridized carbons (Fsp3) is 1.00. The highest BCUT2D eigenvalue weighted by Gasteiger charge is 2.26. The molecule has 1 rings (SSSR count). The Bertz CT molecular complexity index is 99.6. The number of thioether (sulfide) groups is 1. The van der Waals surface area contributed by atoms with Crippen LogP contribution < -0.4 is 5.32 Å². The molecule has 1 N–H and O–H groups in total. The molecule has 2 atom stereocenters. The molecular weight excluding hydrogens is 149 g/mol. The Morgan fingerprint density at radius 2 is 2.40 bits per heavy atom. The average Bonchev–Trinajstić information content (AvgIpc) is 2.31. The first-order chi connectivity index (χ1) is 4.84. The van der Waals surface area contributed by atoms with E-state index in [1.807, 2.05) is 7.05 Å². The lowest BCUT2D eigenvalue weighted by Gasteiger charge is -2.10. The largest absolute Gasteiger partial charge is 0.311 e. The van der Waals surface area contributed by atoms with Crippen molar-refractivity contribution in [3.05, 3.63) is 0 Å². The summed E-state index contributed by atoms with van der Waals surface area (Å²) in [7, 11) is 1.90. The van der Waals surface area contributed by atoms with Gasteiger partial charge < -0.3 is 5.32 Å². The third-order valence-corrected chi connectivity index (χ3v) is 3.23. The van der Waals surface area contributed by atoms with Crippen molar-refractivity contribution in [2.24, 2.45) is 0 Å². The molecule has 1 aliphatic carbocycles. The lowest BCUT2D eigenvalue weighted by molar-refractivity contribution is 0.349. The SMILES string of the molecule is CNCSC1CCCC1F. The van der Waals surface area contributed by atoms with E-state index in [1.54, 1.807) is 11.8 Å². The second-order valence-corrected chi connectivity index (χ2v) is 3.88. The fourth-order valence-electron chi connectivity index (χ4n) is 1.26. The molecule has 0 aromatic rings. The molecule has 1 aliphatic rings. The topological polar surface area (TPSA) is 12.0 Å². The highest BCUT2D eigenvalue weighted by Crippen LogP contribution is 2.31. The van der Waals surface area contributed by atoms with E-state index in [-0.39, 0.29) is 5.25 Å². The fourth-order valence-corrected chi connectivity index (χ4v) is 2.32. The Kier molecular flexibility index (Phi) is 3.49. The first-order valence-electron chi connectivity index (χ1n) is 3.75. The molecule has 0 heterocycles. The van der Waals surface area contributed by atoms with Gasteiger partial charge in [-0.2, -0.15) is 0 Å². The van der Waals surface area contributed by atoms with Crippen molar-refractivity contribution < 1.29 is 4.39 Å². The summed E-state index contributed by atoms with van der Waals surface area (Å²) in [4.78, 5) is 0. The van der Waals surface area contributed by atoms with E-state index >= 15 is 0 Å². The molecule has 2 unspecified atom stereocenters. The van der Waals surface area contributed by atoms with Crippen LogP contribution >= 0.6 is 11.8 Å². The molecule has 0 aliphatic heterocycles. The van der Waals surface area contributed by atoms with Gasteiger partial charge in [0.1, 0.15) is 6.17 Å². The number of hydrogen-bond donors (Lipinski definition) is 1. The van der Waals surface area contributed by atoms with Crippen LogP contribution in [0.2, 0.25) is 0 Å². The number of rotatable bonds is 3. The van der Waals surface area contributed by atoms with Gasteiger partial charge in [0.2, 0.25) is 0 Å². The summed E-state index contributed by atoms with van der Waals surface area (Å²) in [5.74, 6) is 0.880. The minimum Gasteiger partial charge on any atom is -0.311 e. The molecule has 3 heteroatoms. The van der Waals surface area contributed by atoms with Gasteiger partial charge in [-0.25, -0.2) is 4.39 Å². The molecule has 10 heavy (non-hydrogen) atoms. The average molecular weight is 163 g/mol. The Hall–Kier alpha value is 0.240. The molecule has 0 aromatic carbocycles. The predicted octanol–water partition coefficient (Wildman–Crippen LogP) is 1.79. The first kappa shape index (κ1) is 8.34. The maximum absolute atomic E-state index is 12.9. The van der Waals surface area contributed by atoms with Crippen LogP contribution in [-0.2, 0) is 0 Å². The highest BCUT2D eigenvalue weighted by atomic mass is 32.2. The van der Waals surface area contributed by atoms with E-state index in [0.717, 1.165) is 25.1 Å². The summed E-state index contributed by atoms with van der Waals surface area (Å²) in [6.07, 6.45) is 2.37. The standard InChI is InChI=1S/C7H14FNS/c1-9-5-10-7-4-2-3-6(7)8/h6-7,9H,2-5H2,1H3. The van der Waals surface area contributed by atoms with E-state index in [0.29, 0.717) is 0 Å². The van der Waals surface area contributed by atoms with Gasteiger partial charge in [-0.15, -0.1) is 11.8 Å². The van der Waals surface area contributed by atoms with E-state index in [2.05, 4.69) is 5.32 Å². The van der Waals surface area contributed by atoms with Crippen molar-refractivity contribution >= 4 is 11.8 Å². The van der Waals surface area contributed by atoms with Gasteiger partial charge in [-0.3, -0.25) is 0 Å². The lowest BCUT2D eigenvalue weighted by atomic mass is 10.3. The van der Waals surface area contributed by atoms with Gasteiger partial charge in [-0.05, 0) is 26.3 Å². The summed E-state index contributed by atoms with van der Waals surface area (Å²) in [6.45, 7) is 0. The van der Waals surface area contributed by atoms with Crippen molar-refractivity contribution in [3.63, 3.8) is 0 Å². The molecule has 0 spiro atoms. The minimum atomic E-state index is -0.543. The summed E-state index contributed by atoms with van der Waals surface area (Å²) in [5, 5.41) is 3.28. The third-order valence-electron chi connectivity index (χ3n) is 1.81. The molecule has 0 aromatic heterocycles. The van der Waals surface area contributed by atoms with Gasteiger partial charge in [-0.1, -0.05) is 0 Å². The van der Waals surface area contributed by atoms with E-state index < -0.39 is 6.17 Å². The van der Waals surface area contributed by atoms with Crippen molar-refractivity contribution in [2.75, 3.05) is 12.9 Å². The summed E-state index contributed by atoms with van der Waals surface area (Å²) < 4.78 is 12.9. The van der Waals surface area contributed by atoms with Gasteiger partial charge in [0.05, 0.1) is 0 Å². The van der Waals surface area contributed by atoms with Crippen LogP contribution in [0.3, 0.4) is 0 Å². The van der Waals surface area contributed by atoms with Crippen LogP contribution in [0.15, 0.2) is 0 Å². The van der Waals surface area contributed by atoms with Crippen LogP contribution in [0.5, 0.6) is 0 Å². The maximum atomic E-state index is 12.9. The molecule has 0 bridgehead atoms. The van der Waals surface area contributed by atoms with Crippen molar-refractivity contribution in [3.8, 4) is 0 Å². The minimum absolute atomic E-state index is 0.271. The second kappa shape index (κ2) is 4.19. The van der Waals surface area contributed by atoms with Crippen LogP contribution in [0.4, 0.5) is 4.39 Å². The first-order valence-corrected chi connectivity index (χ1v) is 4.79. The van der Waals surface area contributed by atoms with E-state index in [4.69, 9.17) is 0 Å².